The Bertz CT molecular complexity index is 1430. The van der Waals surface area contributed by atoms with Crippen molar-refractivity contribution in [3.05, 3.63) is 83.9 Å². The number of para-hydroxylation sites is 2. The molecule has 0 saturated carbocycles. The number of benzene rings is 3. The normalized spacial score (nSPS) is 16.1. The van der Waals surface area contributed by atoms with Gasteiger partial charge in [-0.25, -0.2) is 9.88 Å². The van der Waals surface area contributed by atoms with Gasteiger partial charge in [0.25, 0.3) is 11.8 Å². The van der Waals surface area contributed by atoms with E-state index in [1.807, 2.05) is 64.1 Å². The average Bonchev–Trinajstić information content (AvgIpc) is 3.39. The Morgan fingerprint density at radius 1 is 0.972 bits per heavy atom. The van der Waals surface area contributed by atoms with Gasteiger partial charge in [0, 0.05) is 16.7 Å². The molecule has 1 unspecified atom stereocenters. The first kappa shape index (κ1) is 23.5. The molecule has 1 saturated heterocycles. The smallest absolute Gasteiger partial charge is 0.257 e. The van der Waals surface area contributed by atoms with Crippen LogP contribution < -0.4 is 4.90 Å². The third-order valence-corrected chi connectivity index (χ3v) is 6.34. The number of imide groups is 1. The van der Waals surface area contributed by atoms with Gasteiger partial charge >= 0.3 is 0 Å². The van der Waals surface area contributed by atoms with E-state index in [0.29, 0.717) is 22.7 Å². The lowest BCUT2D eigenvalue weighted by Crippen LogP contribution is -2.54. The first-order valence-corrected chi connectivity index (χ1v) is 11.9. The molecular weight excluding hydrogens is 454 g/mol. The number of carbonyl (C=O) groups excluding carboxylic acids is 3. The highest BCUT2D eigenvalue weighted by Crippen LogP contribution is 2.32. The first-order chi connectivity index (χ1) is 17.1. The Balaban J connectivity index is 1.42. The minimum atomic E-state index is -0.886. The zero-order valence-corrected chi connectivity index (χ0v) is 20.7. The maximum absolute atomic E-state index is 13.5. The van der Waals surface area contributed by atoms with Gasteiger partial charge in [-0.1, -0.05) is 29.8 Å². The van der Waals surface area contributed by atoms with Crippen LogP contribution in [0.1, 0.15) is 43.1 Å². The maximum atomic E-state index is 13.5. The maximum Gasteiger partial charge on any atom is 0.257 e. The summed E-state index contributed by atoms with van der Waals surface area (Å²) in [5.41, 5.74) is 3.47. The van der Waals surface area contributed by atoms with Crippen molar-refractivity contribution in [1.82, 2.24) is 9.88 Å². The molecule has 5 rings (SSSR count). The molecule has 0 bridgehead atoms. The highest BCUT2D eigenvalue weighted by molar-refractivity contribution is 6.23. The molecule has 1 fully saturated rings. The van der Waals surface area contributed by atoms with E-state index in [1.54, 1.807) is 36.4 Å². The number of hydrogen-bond donors (Lipinski definition) is 0. The van der Waals surface area contributed by atoms with Crippen molar-refractivity contribution < 1.29 is 18.8 Å². The van der Waals surface area contributed by atoms with Gasteiger partial charge in [-0.05, 0) is 76.2 Å². The van der Waals surface area contributed by atoms with Crippen LogP contribution in [0.15, 0.2) is 77.2 Å². The molecule has 3 aromatic carbocycles. The van der Waals surface area contributed by atoms with E-state index in [1.165, 1.54) is 9.80 Å². The van der Waals surface area contributed by atoms with Crippen LogP contribution in [0.25, 0.3) is 22.6 Å². The largest absolute Gasteiger partial charge is 0.436 e. The SMILES string of the molecule is Cc1ccc(C(=O)N(C2CC(=O)N(c3ccc(-c4nc5ccccc5o4)cc3)C2=O)C(C)(C)C)cc1. The van der Waals surface area contributed by atoms with Crippen LogP contribution in [-0.2, 0) is 9.59 Å². The van der Waals surface area contributed by atoms with Gasteiger partial charge in [-0.3, -0.25) is 14.4 Å². The molecule has 0 N–H and O–H groups in total. The van der Waals surface area contributed by atoms with Crippen LogP contribution >= 0.6 is 0 Å². The van der Waals surface area contributed by atoms with Crippen molar-refractivity contribution in [3.8, 4) is 11.5 Å². The third kappa shape index (κ3) is 4.17. The van der Waals surface area contributed by atoms with E-state index in [4.69, 9.17) is 4.42 Å². The van der Waals surface area contributed by atoms with Gasteiger partial charge < -0.3 is 9.32 Å². The number of rotatable bonds is 4. The highest BCUT2D eigenvalue weighted by Gasteiger charge is 2.47. The summed E-state index contributed by atoms with van der Waals surface area (Å²) in [6.45, 7) is 7.56. The summed E-state index contributed by atoms with van der Waals surface area (Å²) in [7, 11) is 0. The van der Waals surface area contributed by atoms with Crippen LogP contribution in [0.2, 0.25) is 0 Å². The minimum Gasteiger partial charge on any atom is -0.436 e. The Labute approximate surface area is 209 Å². The molecule has 0 radical (unpaired) electrons. The fourth-order valence-corrected chi connectivity index (χ4v) is 4.59. The second-order valence-corrected chi connectivity index (χ2v) is 10.0. The summed E-state index contributed by atoms with van der Waals surface area (Å²) in [6, 6.07) is 20.8. The summed E-state index contributed by atoms with van der Waals surface area (Å²) in [5, 5.41) is 0. The summed E-state index contributed by atoms with van der Waals surface area (Å²) in [6.07, 6.45) is -0.0689. The number of aryl methyl sites for hydroxylation is 1. The number of oxazole rings is 1. The summed E-state index contributed by atoms with van der Waals surface area (Å²) in [4.78, 5) is 47.3. The highest BCUT2D eigenvalue weighted by atomic mass is 16.3. The molecule has 1 aliphatic rings. The van der Waals surface area contributed by atoms with E-state index in [0.717, 1.165) is 16.6 Å². The number of carbonyl (C=O) groups is 3. The van der Waals surface area contributed by atoms with Gasteiger partial charge in [0.1, 0.15) is 11.6 Å². The predicted octanol–water partition coefficient (Wildman–Crippen LogP) is 5.38. The average molecular weight is 482 g/mol. The number of nitrogens with zero attached hydrogens (tertiary/aromatic N) is 3. The number of anilines is 1. The zero-order valence-electron chi connectivity index (χ0n) is 20.7. The molecule has 36 heavy (non-hydrogen) atoms. The van der Waals surface area contributed by atoms with Crippen molar-refractivity contribution in [2.24, 2.45) is 0 Å². The van der Waals surface area contributed by atoms with Gasteiger partial charge in [0.15, 0.2) is 5.58 Å². The van der Waals surface area contributed by atoms with E-state index < -0.39 is 17.5 Å². The first-order valence-electron chi connectivity index (χ1n) is 11.9. The predicted molar refractivity (Wildman–Crippen MR) is 137 cm³/mol. The summed E-state index contributed by atoms with van der Waals surface area (Å²) < 4.78 is 5.82. The molecule has 7 heteroatoms. The minimum absolute atomic E-state index is 0.0689. The van der Waals surface area contributed by atoms with Gasteiger partial charge in [0.2, 0.25) is 11.8 Å². The third-order valence-electron chi connectivity index (χ3n) is 6.34. The second kappa shape index (κ2) is 8.75. The molecule has 0 spiro atoms. The molecule has 1 aromatic heterocycles. The molecule has 1 aliphatic heterocycles. The van der Waals surface area contributed by atoms with Crippen LogP contribution in [0.4, 0.5) is 5.69 Å². The lowest BCUT2D eigenvalue weighted by atomic mass is 9.99. The molecule has 0 aliphatic carbocycles. The van der Waals surface area contributed by atoms with Crippen molar-refractivity contribution in [2.75, 3.05) is 4.90 Å². The zero-order chi connectivity index (χ0) is 25.6. The summed E-state index contributed by atoms with van der Waals surface area (Å²) >= 11 is 0. The Kier molecular flexibility index (Phi) is 5.71. The molecule has 7 nitrogen and oxygen atoms in total. The molecule has 182 valence electrons. The van der Waals surface area contributed by atoms with Gasteiger partial charge in [0.05, 0.1) is 12.1 Å². The van der Waals surface area contributed by atoms with E-state index in [-0.39, 0.29) is 18.2 Å². The van der Waals surface area contributed by atoms with Gasteiger partial charge in [-0.15, -0.1) is 0 Å². The Hall–Kier alpha value is -4.26. The molecule has 3 amide bonds. The molecule has 4 aromatic rings. The van der Waals surface area contributed by atoms with Crippen LogP contribution in [0.3, 0.4) is 0 Å². The Morgan fingerprint density at radius 2 is 1.64 bits per heavy atom. The number of hydrogen-bond acceptors (Lipinski definition) is 5. The van der Waals surface area contributed by atoms with Crippen LogP contribution in [0.5, 0.6) is 0 Å². The van der Waals surface area contributed by atoms with E-state index >= 15 is 0 Å². The number of fused-ring (bicyclic) bond motifs is 1. The fourth-order valence-electron chi connectivity index (χ4n) is 4.59. The van der Waals surface area contributed by atoms with Crippen LogP contribution in [0, 0.1) is 6.92 Å². The lowest BCUT2D eigenvalue weighted by Gasteiger charge is -2.39. The van der Waals surface area contributed by atoms with Crippen molar-refractivity contribution in [1.29, 1.82) is 0 Å². The summed E-state index contributed by atoms with van der Waals surface area (Å²) in [5.74, 6) is -0.570. The van der Waals surface area contributed by atoms with Crippen molar-refractivity contribution in [3.63, 3.8) is 0 Å². The monoisotopic (exact) mass is 481 g/mol. The Morgan fingerprint density at radius 3 is 2.28 bits per heavy atom. The lowest BCUT2D eigenvalue weighted by molar-refractivity contribution is -0.123. The molecule has 1 atom stereocenters. The number of aromatic nitrogens is 1. The van der Waals surface area contributed by atoms with Crippen LogP contribution in [-0.4, -0.2) is 39.2 Å². The molecule has 2 heterocycles. The topological polar surface area (TPSA) is 83.7 Å². The van der Waals surface area contributed by atoms with Gasteiger partial charge in [-0.2, -0.15) is 0 Å². The van der Waals surface area contributed by atoms with Crippen molar-refractivity contribution >= 4 is 34.5 Å². The standard InChI is InChI=1S/C29H27N3O4/c1-18-9-11-20(12-10-18)27(34)32(29(2,3)4)23-17-25(33)31(28(23)35)21-15-13-19(14-16-21)26-30-22-7-5-6-8-24(22)36-26/h5-16,23H,17H2,1-4H3. The fraction of sp³-hybridized carbons (Fsp3) is 0.241. The van der Waals surface area contributed by atoms with E-state index in [2.05, 4.69) is 4.98 Å². The number of amides is 3. The van der Waals surface area contributed by atoms with Crippen molar-refractivity contribution in [2.45, 2.75) is 45.7 Å². The molecular formula is C29H27N3O4. The second-order valence-electron chi connectivity index (χ2n) is 10.0. The van der Waals surface area contributed by atoms with E-state index in [9.17, 15) is 14.4 Å². The quantitative estimate of drug-likeness (QED) is 0.366.